The summed E-state index contributed by atoms with van der Waals surface area (Å²) < 4.78 is 19.7. The number of fused-ring (bicyclic) bond motifs is 1. The molecule has 1 saturated heterocycles. The molecule has 2 aliphatic rings. The van der Waals surface area contributed by atoms with Crippen molar-refractivity contribution in [2.75, 3.05) is 24.6 Å². The van der Waals surface area contributed by atoms with Gasteiger partial charge in [-0.1, -0.05) is 6.92 Å². The molecular formula is C21H21FN6O. The molecule has 0 bridgehead atoms. The molecule has 0 amide bonds. The fourth-order valence-electron chi connectivity index (χ4n) is 4.03. The molecule has 4 heterocycles. The first-order valence-electron chi connectivity index (χ1n) is 9.83. The molecule has 148 valence electrons. The van der Waals surface area contributed by atoms with Crippen molar-refractivity contribution in [3.63, 3.8) is 0 Å². The molecule has 1 saturated carbocycles. The van der Waals surface area contributed by atoms with Crippen LogP contribution in [0, 0.1) is 23.6 Å². The zero-order chi connectivity index (χ0) is 19.8. The maximum absolute atomic E-state index is 13.8. The van der Waals surface area contributed by atoms with E-state index in [0.717, 1.165) is 37.2 Å². The molecule has 1 unspecified atom stereocenters. The first-order valence-corrected chi connectivity index (χ1v) is 9.83. The van der Waals surface area contributed by atoms with Crippen LogP contribution in [0.4, 0.5) is 10.3 Å². The maximum atomic E-state index is 13.8. The van der Waals surface area contributed by atoms with Crippen LogP contribution in [-0.2, 0) is 6.42 Å². The van der Waals surface area contributed by atoms with Gasteiger partial charge in [-0.15, -0.1) is 0 Å². The Hall–Kier alpha value is -3.16. The molecule has 1 aliphatic heterocycles. The first-order chi connectivity index (χ1) is 14.2. The summed E-state index contributed by atoms with van der Waals surface area (Å²) in [7, 11) is 0. The van der Waals surface area contributed by atoms with Crippen LogP contribution in [0.25, 0.3) is 11.4 Å². The van der Waals surface area contributed by atoms with Crippen molar-refractivity contribution in [2.45, 2.75) is 13.3 Å². The van der Waals surface area contributed by atoms with Crippen LogP contribution in [-0.4, -0.2) is 44.6 Å². The molecule has 3 aromatic heterocycles. The zero-order valence-corrected chi connectivity index (χ0v) is 16.1. The molecule has 7 nitrogen and oxygen atoms in total. The molecule has 3 aromatic rings. The lowest BCUT2D eigenvalue weighted by atomic mass is 10.2. The van der Waals surface area contributed by atoms with E-state index in [0.29, 0.717) is 41.5 Å². The lowest BCUT2D eigenvalue weighted by Crippen LogP contribution is -2.27. The highest BCUT2D eigenvalue weighted by atomic mass is 19.1. The smallest absolute Gasteiger partial charge is 0.225 e. The van der Waals surface area contributed by atoms with Crippen molar-refractivity contribution < 1.29 is 9.13 Å². The minimum atomic E-state index is -0.440. The van der Waals surface area contributed by atoms with E-state index < -0.39 is 5.82 Å². The van der Waals surface area contributed by atoms with Gasteiger partial charge in [-0.2, -0.15) is 0 Å². The van der Waals surface area contributed by atoms with Crippen LogP contribution in [0.5, 0.6) is 5.75 Å². The van der Waals surface area contributed by atoms with Crippen LogP contribution in [0.15, 0.2) is 43.2 Å². The molecular weight excluding hydrogens is 371 g/mol. The van der Waals surface area contributed by atoms with Gasteiger partial charge < -0.3 is 9.64 Å². The summed E-state index contributed by atoms with van der Waals surface area (Å²) in [5.41, 5.74) is 1.49. The Balaban J connectivity index is 1.14. The van der Waals surface area contributed by atoms with Crippen molar-refractivity contribution in [3.05, 3.63) is 54.6 Å². The van der Waals surface area contributed by atoms with E-state index in [2.05, 4.69) is 36.7 Å². The second-order valence-electron chi connectivity index (χ2n) is 7.55. The Morgan fingerprint density at radius 3 is 2.41 bits per heavy atom. The molecule has 2 fully saturated rings. The Labute approximate surface area is 168 Å². The first kappa shape index (κ1) is 17.9. The van der Waals surface area contributed by atoms with Crippen LogP contribution >= 0.6 is 0 Å². The molecule has 1 aliphatic carbocycles. The monoisotopic (exact) mass is 392 g/mol. The number of rotatable bonds is 6. The number of anilines is 1. The third-order valence-corrected chi connectivity index (χ3v) is 5.84. The largest absolute Gasteiger partial charge is 0.490 e. The van der Waals surface area contributed by atoms with Gasteiger partial charge in [-0.05, 0) is 29.9 Å². The molecule has 8 heteroatoms. The molecule has 0 N–H and O–H groups in total. The van der Waals surface area contributed by atoms with Gasteiger partial charge in [-0.25, -0.2) is 24.3 Å². The molecule has 3 atom stereocenters. The fourth-order valence-corrected chi connectivity index (χ4v) is 4.03. The topological polar surface area (TPSA) is 76.9 Å². The van der Waals surface area contributed by atoms with Crippen LogP contribution in [0.2, 0.25) is 0 Å². The third kappa shape index (κ3) is 3.50. The third-order valence-electron chi connectivity index (χ3n) is 5.84. The van der Waals surface area contributed by atoms with E-state index in [4.69, 9.17) is 4.74 Å². The lowest BCUT2D eigenvalue weighted by molar-refractivity contribution is 0.281. The Morgan fingerprint density at radius 2 is 1.76 bits per heavy atom. The van der Waals surface area contributed by atoms with E-state index in [1.807, 2.05) is 12.4 Å². The minimum absolute atomic E-state index is 0.324. The van der Waals surface area contributed by atoms with Crippen LogP contribution < -0.4 is 9.64 Å². The number of aryl methyl sites for hydroxylation is 1. The number of aromatic nitrogens is 5. The van der Waals surface area contributed by atoms with Crippen molar-refractivity contribution >= 4 is 5.95 Å². The molecule has 29 heavy (non-hydrogen) atoms. The fraction of sp³-hybridized carbons (Fsp3) is 0.381. The number of piperidine rings is 1. The number of pyridine rings is 1. The maximum Gasteiger partial charge on any atom is 0.225 e. The lowest BCUT2D eigenvalue weighted by Gasteiger charge is -2.19. The second-order valence-corrected chi connectivity index (χ2v) is 7.55. The normalized spacial score (nSPS) is 22.4. The van der Waals surface area contributed by atoms with E-state index in [-0.39, 0.29) is 0 Å². The van der Waals surface area contributed by atoms with Gasteiger partial charge in [0.2, 0.25) is 5.95 Å². The summed E-state index contributed by atoms with van der Waals surface area (Å²) in [5.74, 6) is 3.09. The van der Waals surface area contributed by atoms with E-state index >= 15 is 0 Å². The molecule has 0 aromatic carbocycles. The standard InChI is InChI=1S/C21H21FN6O/c1-2-13-5-26-21(27-6-13)28-10-16-17(11-28)18(16)12-29-14-7-24-20(25-8-14)15-3-4-23-9-19(15)22/h3-9,16-18H,2,10-12H2,1H3/t16-,17+,18?. The van der Waals surface area contributed by atoms with Crippen LogP contribution in [0.3, 0.4) is 0 Å². The van der Waals surface area contributed by atoms with Gasteiger partial charge in [0.25, 0.3) is 0 Å². The van der Waals surface area contributed by atoms with Crippen molar-refractivity contribution in [1.29, 1.82) is 0 Å². The SMILES string of the molecule is CCc1cnc(N2C[C@@H]3C(COc4cnc(-c5ccncc5F)nc4)[C@@H]3C2)nc1. The summed E-state index contributed by atoms with van der Waals surface area (Å²) in [4.78, 5) is 23.4. The van der Waals surface area contributed by atoms with Gasteiger partial charge in [-0.3, -0.25) is 4.98 Å². The highest BCUT2D eigenvalue weighted by Gasteiger charge is 2.56. The zero-order valence-electron chi connectivity index (χ0n) is 16.1. The van der Waals surface area contributed by atoms with E-state index in [9.17, 15) is 4.39 Å². The molecule has 5 rings (SSSR count). The summed E-state index contributed by atoms with van der Waals surface area (Å²) in [6.45, 7) is 4.69. The summed E-state index contributed by atoms with van der Waals surface area (Å²) >= 11 is 0. The minimum Gasteiger partial charge on any atom is -0.490 e. The number of hydrogen-bond donors (Lipinski definition) is 0. The number of ether oxygens (including phenoxy) is 1. The number of hydrogen-bond acceptors (Lipinski definition) is 7. The van der Waals surface area contributed by atoms with Gasteiger partial charge in [0.1, 0.15) is 0 Å². The Morgan fingerprint density at radius 1 is 1.03 bits per heavy atom. The van der Waals surface area contributed by atoms with Crippen LogP contribution in [0.1, 0.15) is 12.5 Å². The average molecular weight is 392 g/mol. The highest BCUT2D eigenvalue weighted by Crippen LogP contribution is 2.52. The predicted molar refractivity (Wildman–Crippen MR) is 105 cm³/mol. The quantitative estimate of drug-likeness (QED) is 0.638. The highest BCUT2D eigenvalue weighted by molar-refractivity contribution is 5.54. The summed E-state index contributed by atoms with van der Waals surface area (Å²) in [6.07, 6.45) is 10.6. The van der Waals surface area contributed by atoms with E-state index in [1.165, 1.54) is 6.20 Å². The number of halogens is 1. The average Bonchev–Trinajstić information content (AvgIpc) is 3.22. The predicted octanol–water partition coefficient (Wildman–Crippen LogP) is 2.79. The van der Waals surface area contributed by atoms with E-state index in [1.54, 1.807) is 18.5 Å². The summed E-state index contributed by atoms with van der Waals surface area (Å²) in [5, 5.41) is 0. The van der Waals surface area contributed by atoms with Gasteiger partial charge in [0, 0.05) is 37.6 Å². The Kier molecular flexibility index (Phi) is 4.54. The Bertz CT molecular complexity index is 985. The molecule has 0 spiro atoms. The summed E-state index contributed by atoms with van der Waals surface area (Å²) in [6, 6.07) is 1.56. The van der Waals surface area contributed by atoms with Gasteiger partial charge in [0.15, 0.2) is 17.4 Å². The van der Waals surface area contributed by atoms with Crippen molar-refractivity contribution in [3.8, 4) is 17.1 Å². The number of nitrogens with zero attached hydrogens (tertiary/aromatic N) is 6. The van der Waals surface area contributed by atoms with Crippen molar-refractivity contribution in [2.24, 2.45) is 17.8 Å². The van der Waals surface area contributed by atoms with Crippen molar-refractivity contribution in [1.82, 2.24) is 24.9 Å². The van der Waals surface area contributed by atoms with Gasteiger partial charge in [0.05, 0.1) is 30.8 Å². The molecule has 0 radical (unpaired) electrons. The van der Waals surface area contributed by atoms with Gasteiger partial charge >= 0.3 is 0 Å². The second kappa shape index (κ2) is 7.35.